The van der Waals surface area contributed by atoms with Crippen LogP contribution in [0.15, 0.2) is 53.0 Å². The number of nitrogens with zero attached hydrogens (tertiary/aromatic N) is 1. The van der Waals surface area contributed by atoms with Gasteiger partial charge in [0.05, 0.1) is 6.42 Å². The van der Waals surface area contributed by atoms with E-state index in [1.807, 2.05) is 48.5 Å². The van der Waals surface area contributed by atoms with Crippen LogP contribution in [0.5, 0.6) is 0 Å². The first kappa shape index (κ1) is 18.5. The minimum atomic E-state index is -0.0198. The molecule has 0 heterocycles. The molecule has 1 amide bonds. The maximum Gasteiger partial charge on any atom is 0.228 e. The molecule has 0 fully saturated rings. The average Bonchev–Trinajstić information content (AvgIpc) is 2.55. The van der Waals surface area contributed by atoms with Crippen LogP contribution >= 0.6 is 15.9 Å². The van der Waals surface area contributed by atoms with Crippen LogP contribution in [0.1, 0.15) is 12.0 Å². The highest BCUT2D eigenvalue weighted by atomic mass is 79.9. The van der Waals surface area contributed by atoms with E-state index in [9.17, 15) is 4.79 Å². The molecule has 4 nitrogen and oxygen atoms in total. The van der Waals surface area contributed by atoms with E-state index in [1.54, 1.807) is 0 Å². The van der Waals surface area contributed by atoms with E-state index >= 15 is 0 Å². The zero-order valence-corrected chi connectivity index (χ0v) is 15.8. The molecule has 2 aromatic carbocycles. The van der Waals surface area contributed by atoms with Crippen molar-refractivity contribution in [2.75, 3.05) is 37.8 Å². The number of amides is 1. The molecule has 0 aromatic heterocycles. The van der Waals surface area contributed by atoms with Crippen molar-refractivity contribution in [1.82, 2.24) is 4.90 Å². The van der Waals surface area contributed by atoms with E-state index in [2.05, 4.69) is 45.6 Å². The van der Waals surface area contributed by atoms with Crippen molar-refractivity contribution in [1.29, 1.82) is 0 Å². The van der Waals surface area contributed by atoms with E-state index in [0.29, 0.717) is 6.42 Å². The summed E-state index contributed by atoms with van der Waals surface area (Å²) in [4.78, 5) is 14.3. The first-order chi connectivity index (χ1) is 11.5. The van der Waals surface area contributed by atoms with Crippen molar-refractivity contribution in [3.8, 4) is 0 Å². The topological polar surface area (TPSA) is 44.4 Å². The summed E-state index contributed by atoms with van der Waals surface area (Å²) in [5.74, 6) is -0.0198. The van der Waals surface area contributed by atoms with Crippen LogP contribution < -0.4 is 10.6 Å². The molecule has 0 saturated heterocycles. The number of hydrogen-bond acceptors (Lipinski definition) is 3. The van der Waals surface area contributed by atoms with E-state index in [4.69, 9.17) is 0 Å². The molecular weight excluding hydrogens is 366 g/mol. The van der Waals surface area contributed by atoms with Gasteiger partial charge in [0.1, 0.15) is 0 Å². The van der Waals surface area contributed by atoms with Crippen LogP contribution in [-0.4, -0.2) is 38.0 Å². The third-order valence-corrected chi connectivity index (χ3v) is 4.36. The lowest BCUT2D eigenvalue weighted by molar-refractivity contribution is -0.115. The number of benzene rings is 2. The second kappa shape index (κ2) is 9.45. The molecule has 0 aliphatic heterocycles. The molecule has 0 unspecified atom stereocenters. The SMILES string of the molecule is CN(C)CCCNc1ccc(NC(=O)Cc2ccccc2Br)cc1. The highest BCUT2D eigenvalue weighted by Gasteiger charge is 2.06. The Balaban J connectivity index is 1.80. The Hall–Kier alpha value is -1.85. The summed E-state index contributed by atoms with van der Waals surface area (Å²) in [7, 11) is 4.15. The lowest BCUT2D eigenvalue weighted by Crippen LogP contribution is -2.16. The minimum absolute atomic E-state index is 0.0198. The van der Waals surface area contributed by atoms with Crippen molar-refractivity contribution < 1.29 is 4.79 Å². The molecule has 2 aromatic rings. The number of halogens is 1. The molecule has 0 bridgehead atoms. The molecule has 5 heteroatoms. The second-order valence-electron chi connectivity index (χ2n) is 5.98. The lowest BCUT2D eigenvalue weighted by Gasteiger charge is -2.11. The highest BCUT2D eigenvalue weighted by Crippen LogP contribution is 2.18. The summed E-state index contributed by atoms with van der Waals surface area (Å²) >= 11 is 3.47. The molecule has 0 aliphatic rings. The first-order valence-electron chi connectivity index (χ1n) is 8.06. The molecule has 2 N–H and O–H groups in total. The Morgan fingerprint density at radius 2 is 1.71 bits per heavy atom. The van der Waals surface area contributed by atoms with E-state index < -0.39 is 0 Å². The van der Waals surface area contributed by atoms with Gasteiger partial charge in [0, 0.05) is 22.4 Å². The van der Waals surface area contributed by atoms with Crippen molar-refractivity contribution in [3.05, 3.63) is 58.6 Å². The van der Waals surface area contributed by atoms with Crippen LogP contribution in [0.4, 0.5) is 11.4 Å². The van der Waals surface area contributed by atoms with Gasteiger partial charge < -0.3 is 15.5 Å². The number of rotatable bonds is 8. The normalized spacial score (nSPS) is 10.7. The van der Waals surface area contributed by atoms with Crippen LogP contribution in [-0.2, 0) is 11.2 Å². The summed E-state index contributed by atoms with van der Waals surface area (Å²) in [6.45, 7) is 2.00. The van der Waals surface area contributed by atoms with Gasteiger partial charge in [-0.3, -0.25) is 4.79 Å². The molecule has 128 valence electrons. The molecule has 24 heavy (non-hydrogen) atoms. The van der Waals surface area contributed by atoms with Gasteiger partial charge >= 0.3 is 0 Å². The third kappa shape index (κ3) is 6.34. The predicted octanol–water partition coefficient (Wildman–Crippen LogP) is 3.99. The molecule has 0 radical (unpaired) electrons. The number of carbonyl (C=O) groups excluding carboxylic acids is 1. The Bertz CT molecular complexity index is 656. The van der Waals surface area contributed by atoms with Crippen LogP contribution in [0.2, 0.25) is 0 Å². The maximum atomic E-state index is 12.1. The Morgan fingerprint density at radius 3 is 2.38 bits per heavy atom. The minimum Gasteiger partial charge on any atom is -0.385 e. The van der Waals surface area contributed by atoms with Gasteiger partial charge in [-0.05, 0) is 63.0 Å². The van der Waals surface area contributed by atoms with Gasteiger partial charge in [0.2, 0.25) is 5.91 Å². The third-order valence-electron chi connectivity index (χ3n) is 3.59. The first-order valence-corrected chi connectivity index (χ1v) is 8.86. The largest absolute Gasteiger partial charge is 0.385 e. The molecule has 0 spiro atoms. The molecule has 0 aliphatic carbocycles. The second-order valence-corrected chi connectivity index (χ2v) is 6.83. The zero-order chi connectivity index (χ0) is 17.4. The molecule has 0 saturated carbocycles. The summed E-state index contributed by atoms with van der Waals surface area (Å²) in [6, 6.07) is 15.6. The fraction of sp³-hybridized carbons (Fsp3) is 0.316. The van der Waals surface area contributed by atoms with Crippen LogP contribution in [0.3, 0.4) is 0 Å². The van der Waals surface area contributed by atoms with Gasteiger partial charge in [-0.1, -0.05) is 34.1 Å². The zero-order valence-electron chi connectivity index (χ0n) is 14.2. The predicted molar refractivity (Wildman–Crippen MR) is 105 cm³/mol. The molecule has 2 rings (SSSR count). The fourth-order valence-corrected chi connectivity index (χ4v) is 2.74. The Labute approximate surface area is 152 Å². The van der Waals surface area contributed by atoms with Crippen molar-refractivity contribution in [2.45, 2.75) is 12.8 Å². The van der Waals surface area contributed by atoms with Gasteiger partial charge in [-0.25, -0.2) is 0 Å². The van der Waals surface area contributed by atoms with E-state index in [0.717, 1.165) is 40.9 Å². The van der Waals surface area contributed by atoms with Crippen LogP contribution in [0.25, 0.3) is 0 Å². The summed E-state index contributed by atoms with van der Waals surface area (Å²) in [5, 5.41) is 6.32. The molecule has 0 atom stereocenters. The Kier molecular flexibility index (Phi) is 7.28. The van der Waals surface area contributed by atoms with Gasteiger partial charge in [-0.2, -0.15) is 0 Å². The van der Waals surface area contributed by atoms with E-state index in [-0.39, 0.29) is 5.91 Å². The summed E-state index contributed by atoms with van der Waals surface area (Å²) in [6.07, 6.45) is 1.45. The van der Waals surface area contributed by atoms with Gasteiger partial charge in [0.15, 0.2) is 0 Å². The van der Waals surface area contributed by atoms with Crippen LogP contribution in [0, 0.1) is 0 Å². The Morgan fingerprint density at radius 1 is 1.04 bits per heavy atom. The quantitative estimate of drug-likeness (QED) is 0.670. The van der Waals surface area contributed by atoms with Gasteiger partial charge in [-0.15, -0.1) is 0 Å². The monoisotopic (exact) mass is 389 g/mol. The van der Waals surface area contributed by atoms with Gasteiger partial charge in [0.25, 0.3) is 0 Å². The van der Waals surface area contributed by atoms with Crippen molar-refractivity contribution in [3.63, 3.8) is 0 Å². The maximum absolute atomic E-state index is 12.1. The lowest BCUT2D eigenvalue weighted by atomic mass is 10.1. The van der Waals surface area contributed by atoms with Crippen molar-refractivity contribution in [2.24, 2.45) is 0 Å². The summed E-state index contributed by atoms with van der Waals surface area (Å²) < 4.78 is 0.956. The highest BCUT2D eigenvalue weighted by molar-refractivity contribution is 9.10. The smallest absolute Gasteiger partial charge is 0.228 e. The number of hydrogen-bond donors (Lipinski definition) is 2. The van der Waals surface area contributed by atoms with E-state index in [1.165, 1.54) is 0 Å². The number of anilines is 2. The number of nitrogens with one attached hydrogen (secondary N) is 2. The average molecular weight is 390 g/mol. The fourth-order valence-electron chi connectivity index (χ4n) is 2.32. The molecular formula is C19H24BrN3O. The van der Waals surface area contributed by atoms with Crippen molar-refractivity contribution >= 4 is 33.2 Å². The standard InChI is InChI=1S/C19H24BrN3O/c1-23(2)13-5-12-21-16-8-10-17(11-9-16)22-19(24)14-15-6-3-4-7-18(15)20/h3-4,6-11,21H,5,12-14H2,1-2H3,(H,22,24). The number of carbonyl (C=O) groups is 1. The summed E-state index contributed by atoms with van der Waals surface area (Å²) in [5.41, 5.74) is 2.86.